The molecule has 0 spiro atoms. The monoisotopic (exact) mass is 174 g/mol. The third-order valence-corrected chi connectivity index (χ3v) is 4.96. The number of unbranched alkanes of at least 4 members (excludes halogenated alkanes) is 3. The first-order valence-electron chi connectivity index (χ1n) is 5.07. The van der Waals surface area contributed by atoms with Gasteiger partial charge in [-0.25, -0.2) is 0 Å². The first-order chi connectivity index (χ1) is 5.35. The van der Waals surface area contributed by atoms with Crippen LogP contribution in [0.2, 0.25) is 0 Å². The summed E-state index contributed by atoms with van der Waals surface area (Å²) in [6.07, 6.45) is 10.2. The summed E-state index contributed by atoms with van der Waals surface area (Å²) >= 11 is 0. The van der Waals surface area contributed by atoms with E-state index in [0.29, 0.717) is 7.92 Å². The average molecular weight is 174 g/mol. The van der Waals surface area contributed by atoms with Crippen LogP contribution < -0.4 is 0 Å². The van der Waals surface area contributed by atoms with Gasteiger partial charge in [0.25, 0.3) is 0 Å². The summed E-state index contributed by atoms with van der Waals surface area (Å²) in [6, 6.07) is 0. The summed E-state index contributed by atoms with van der Waals surface area (Å²) in [7, 11) is 0.427. The topological polar surface area (TPSA) is 0 Å². The van der Waals surface area contributed by atoms with Crippen LogP contribution in [0.3, 0.4) is 0 Å². The van der Waals surface area contributed by atoms with E-state index in [1.54, 1.807) is 0 Å². The van der Waals surface area contributed by atoms with Gasteiger partial charge in [0, 0.05) is 0 Å². The molecule has 1 heteroatoms. The molecule has 0 rings (SSSR count). The van der Waals surface area contributed by atoms with E-state index in [4.69, 9.17) is 0 Å². The predicted molar refractivity (Wildman–Crippen MR) is 57.0 cm³/mol. The van der Waals surface area contributed by atoms with Crippen LogP contribution in [0, 0.1) is 0 Å². The highest BCUT2D eigenvalue weighted by Crippen LogP contribution is 2.35. The Bertz CT molecular complexity index is 67.3. The van der Waals surface area contributed by atoms with Gasteiger partial charge in [0.05, 0.1) is 0 Å². The number of rotatable bonds is 7. The van der Waals surface area contributed by atoms with Crippen LogP contribution in [0.5, 0.6) is 0 Å². The highest BCUT2D eigenvalue weighted by Gasteiger charge is 2.00. The van der Waals surface area contributed by atoms with Crippen molar-refractivity contribution in [2.45, 2.75) is 46.5 Å². The fourth-order valence-electron chi connectivity index (χ4n) is 1.30. The molecular formula is C10H23P. The van der Waals surface area contributed by atoms with E-state index in [0.717, 1.165) is 0 Å². The van der Waals surface area contributed by atoms with Crippen molar-refractivity contribution in [2.75, 3.05) is 18.5 Å². The Hall–Kier alpha value is 0.430. The lowest BCUT2D eigenvalue weighted by molar-refractivity contribution is 0.704. The number of hydrogen-bond donors (Lipinski definition) is 0. The molecule has 0 aromatic heterocycles. The van der Waals surface area contributed by atoms with Crippen molar-refractivity contribution in [2.24, 2.45) is 0 Å². The highest BCUT2D eigenvalue weighted by atomic mass is 31.1. The Balaban J connectivity index is 3.07. The van der Waals surface area contributed by atoms with Crippen LogP contribution in [0.25, 0.3) is 0 Å². The van der Waals surface area contributed by atoms with Gasteiger partial charge in [-0.2, -0.15) is 0 Å². The van der Waals surface area contributed by atoms with Crippen LogP contribution in [-0.4, -0.2) is 18.5 Å². The van der Waals surface area contributed by atoms with Crippen molar-refractivity contribution >= 4 is 7.92 Å². The molecule has 0 radical (unpaired) electrons. The summed E-state index contributed by atoms with van der Waals surface area (Å²) < 4.78 is 0. The van der Waals surface area contributed by atoms with Crippen molar-refractivity contribution in [3.05, 3.63) is 0 Å². The van der Waals surface area contributed by atoms with Gasteiger partial charge in [0.2, 0.25) is 0 Å². The zero-order valence-electron chi connectivity index (χ0n) is 8.40. The zero-order valence-corrected chi connectivity index (χ0v) is 9.29. The van der Waals surface area contributed by atoms with Crippen molar-refractivity contribution in [3.8, 4) is 0 Å². The second-order valence-corrected chi connectivity index (χ2v) is 6.14. The molecule has 0 aliphatic heterocycles. The molecule has 0 aromatic carbocycles. The Morgan fingerprint density at radius 2 is 1.45 bits per heavy atom. The molecule has 0 unspecified atom stereocenters. The second-order valence-electron chi connectivity index (χ2n) is 3.09. The summed E-state index contributed by atoms with van der Waals surface area (Å²) in [5, 5.41) is 0. The third kappa shape index (κ3) is 6.81. The summed E-state index contributed by atoms with van der Waals surface area (Å²) in [5.74, 6) is 0. The maximum absolute atomic E-state index is 2.34. The van der Waals surface area contributed by atoms with E-state index >= 15 is 0 Å². The molecule has 0 heterocycles. The predicted octanol–water partition coefficient (Wildman–Crippen LogP) is 4.09. The van der Waals surface area contributed by atoms with E-state index < -0.39 is 0 Å². The van der Waals surface area contributed by atoms with Gasteiger partial charge < -0.3 is 0 Å². The lowest BCUT2D eigenvalue weighted by Gasteiger charge is -2.11. The second kappa shape index (κ2) is 8.53. The molecule has 0 aliphatic rings. The average Bonchev–Trinajstić information content (AvgIpc) is 2.05. The van der Waals surface area contributed by atoms with Crippen molar-refractivity contribution in [1.82, 2.24) is 0 Å². The molecule has 0 fully saturated rings. The van der Waals surface area contributed by atoms with Crippen LogP contribution >= 0.6 is 7.92 Å². The standard InChI is InChI=1S/C10H23P/c1-4-7-8-9-10-11(5-2)6-3/h4-10H2,1-3H3. The van der Waals surface area contributed by atoms with Crippen LogP contribution in [0.15, 0.2) is 0 Å². The van der Waals surface area contributed by atoms with Crippen LogP contribution in [-0.2, 0) is 0 Å². The van der Waals surface area contributed by atoms with E-state index in [1.165, 1.54) is 44.2 Å². The van der Waals surface area contributed by atoms with Gasteiger partial charge in [-0.1, -0.05) is 40.0 Å². The SMILES string of the molecule is CCCCCCP(CC)CC. The summed E-state index contributed by atoms with van der Waals surface area (Å²) in [4.78, 5) is 0. The first kappa shape index (κ1) is 11.4. The first-order valence-corrected chi connectivity index (χ1v) is 6.97. The van der Waals surface area contributed by atoms with Crippen LogP contribution in [0.1, 0.15) is 46.5 Å². The molecule has 0 N–H and O–H groups in total. The minimum Gasteiger partial charge on any atom is -0.107 e. The fraction of sp³-hybridized carbons (Fsp3) is 1.00. The lowest BCUT2D eigenvalue weighted by Crippen LogP contribution is -1.90. The van der Waals surface area contributed by atoms with Crippen LogP contribution in [0.4, 0.5) is 0 Å². The molecule has 0 bridgehead atoms. The fourth-order valence-corrected chi connectivity index (χ4v) is 3.05. The highest BCUT2D eigenvalue weighted by molar-refractivity contribution is 7.57. The zero-order chi connectivity index (χ0) is 8.53. The maximum Gasteiger partial charge on any atom is -0.0326 e. The molecule has 0 saturated heterocycles. The minimum absolute atomic E-state index is 0.427. The van der Waals surface area contributed by atoms with Gasteiger partial charge in [-0.15, -0.1) is 7.92 Å². The van der Waals surface area contributed by atoms with E-state index in [9.17, 15) is 0 Å². The Morgan fingerprint density at radius 3 is 1.91 bits per heavy atom. The lowest BCUT2D eigenvalue weighted by atomic mass is 10.2. The molecule has 0 saturated carbocycles. The van der Waals surface area contributed by atoms with Gasteiger partial charge in [-0.3, -0.25) is 0 Å². The molecule has 0 amide bonds. The smallest absolute Gasteiger partial charge is 0.0326 e. The van der Waals surface area contributed by atoms with Gasteiger partial charge in [-0.05, 0) is 24.9 Å². The third-order valence-electron chi connectivity index (χ3n) is 2.22. The van der Waals surface area contributed by atoms with E-state index in [-0.39, 0.29) is 0 Å². The van der Waals surface area contributed by atoms with Crippen molar-refractivity contribution < 1.29 is 0 Å². The van der Waals surface area contributed by atoms with Crippen molar-refractivity contribution in [3.63, 3.8) is 0 Å². The Kier molecular flexibility index (Phi) is 8.86. The summed E-state index contributed by atoms with van der Waals surface area (Å²) in [5.41, 5.74) is 0. The molecular weight excluding hydrogens is 151 g/mol. The maximum atomic E-state index is 2.34. The molecule has 68 valence electrons. The molecule has 0 atom stereocenters. The van der Waals surface area contributed by atoms with Gasteiger partial charge in [0.1, 0.15) is 0 Å². The quantitative estimate of drug-likeness (QED) is 0.403. The van der Waals surface area contributed by atoms with E-state index in [2.05, 4.69) is 20.8 Å². The molecule has 0 nitrogen and oxygen atoms in total. The van der Waals surface area contributed by atoms with Crippen molar-refractivity contribution in [1.29, 1.82) is 0 Å². The summed E-state index contributed by atoms with van der Waals surface area (Å²) in [6.45, 7) is 6.96. The van der Waals surface area contributed by atoms with Gasteiger partial charge >= 0.3 is 0 Å². The molecule has 0 aliphatic carbocycles. The molecule has 11 heavy (non-hydrogen) atoms. The Labute approximate surface area is 73.5 Å². The normalized spacial score (nSPS) is 10.9. The number of hydrogen-bond acceptors (Lipinski definition) is 0. The minimum atomic E-state index is 0.427. The largest absolute Gasteiger partial charge is 0.107 e. The Morgan fingerprint density at radius 1 is 0.818 bits per heavy atom. The van der Waals surface area contributed by atoms with Gasteiger partial charge in [0.15, 0.2) is 0 Å². The van der Waals surface area contributed by atoms with E-state index in [1.807, 2.05) is 0 Å². The molecule has 0 aromatic rings.